The largest absolute Gasteiger partial charge is 0.504 e. The van der Waals surface area contributed by atoms with Gasteiger partial charge in [-0.3, -0.25) is 9.36 Å². The molecule has 1 N–H and O–H groups in total. The summed E-state index contributed by atoms with van der Waals surface area (Å²) in [4.78, 5) is 31.6. The molecular weight excluding hydrogens is 456 g/mol. The average molecular weight is 481 g/mol. The van der Waals surface area contributed by atoms with Crippen molar-refractivity contribution >= 4 is 23.4 Å². The first kappa shape index (κ1) is 23.3. The van der Waals surface area contributed by atoms with Gasteiger partial charge >= 0.3 is 5.97 Å². The highest BCUT2D eigenvalue weighted by Gasteiger charge is 2.34. The zero-order chi connectivity index (χ0) is 24.4. The summed E-state index contributed by atoms with van der Waals surface area (Å²) in [6, 6.07) is 11.3. The number of para-hydroxylation sites is 1. The number of thiazole rings is 1. The van der Waals surface area contributed by atoms with E-state index < -0.39 is 12.0 Å². The Hall–Kier alpha value is -3.85. The van der Waals surface area contributed by atoms with Gasteiger partial charge in [-0.25, -0.2) is 9.79 Å². The summed E-state index contributed by atoms with van der Waals surface area (Å²) in [5.74, 6) is 0.319. The molecule has 0 bridgehead atoms. The van der Waals surface area contributed by atoms with Gasteiger partial charge < -0.3 is 19.3 Å². The van der Waals surface area contributed by atoms with Crippen LogP contribution in [0.3, 0.4) is 0 Å². The van der Waals surface area contributed by atoms with Gasteiger partial charge in [0.25, 0.3) is 5.56 Å². The summed E-state index contributed by atoms with van der Waals surface area (Å²) < 4.78 is 18.0. The fraction of sp³-hybridized carbons (Fsp3) is 0.240. The summed E-state index contributed by atoms with van der Waals surface area (Å²) >= 11 is 1.21. The molecule has 34 heavy (non-hydrogen) atoms. The van der Waals surface area contributed by atoms with E-state index >= 15 is 0 Å². The fourth-order valence-electron chi connectivity index (χ4n) is 3.91. The highest BCUT2D eigenvalue weighted by molar-refractivity contribution is 7.07. The third-order valence-electron chi connectivity index (χ3n) is 5.45. The Morgan fingerprint density at radius 1 is 1.18 bits per heavy atom. The molecule has 2 aromatic carbocycles. The number of aromatic hydroxyl groups is 1. The van der Waals surface area contributed by atoms with E-state index in [4.69, 9.17) is 14.2 Å². The first-order valence-electron chi connectivity index (χ1n) is 10.6. The number of aromatic nitrogens is 1. The average Bonchev–Trinajstić information content (AvgIpc) is 3.13. The summed E-state index contributed by atoms with van der Waals surface area (Å²) in [5, 5.41) is 9.87. The number of phenols is 1. The molecule has 9 heteroatoms. The van der Waals surface area contributed by atoms with Gasteiger partial charge in [-0.1, -0.05) is 35.6 Å². The maximum absolute atomic E-state index is 13.6. The molecule has 3 aromatic rings. The van der Waals surface area contributed by atoms with E-state index in [1.165, 1.54) is 29.1 Å². The van der Waals surface area contributed by atoms with Crippen molar-refractivity contribution in [3.8, 4) is 17.2 Å². The van der Waals surface area contributed by atoms with Crippen LogP contribution in [0.1, 0.15) is 31.0 Å². The molecule has 0 aliphatic carbocycles. The molecule has 2 heterocycles. The zero-order valence-electron chi connectivity index (χ0n) is 19.2. The molecule has 8 nitrogen and oxygen atoms in total. The van der Waals surface area contributed by atoms with Gasteiger partial charge in [-0.05, 0) is 43.7 Å². The van der Waals surface area contributed by atoms with Crippen molar-refractivity contribution in [1.29, 1.82) is 0 Å². The number of phenolic OH excluding ortho intramolecular Hbond substituents is 1. The quantitative estimate of drug-likeness (QED) is 0.545. The van der Waals surface area contributed by atoms with E-state index in [0.717, 1.165) is 0 Å². The number of fused-ring (bicyclic) bond motifs is 1. The van der Waals surface area contributed by atoms with Crippen LogP contribution in [0.15, 0.2) is 63.5 Å². The van der Waals surface area contributed by atoms with E-state index in [9.17, 15) is 14.7 Å². The highest BCUT2D eigenvalue weighted by atomic mass is 32.1. The van der Waals surface area contributed by atoms with Crippen molar-refractivity contribution in [2.45, 2.75) is 19.9 Å². The number of esters is 1. The summed E-state index contributed by atoms with van der Waals surface area (Å²) in [7, 11) is 3.00. The van der Waals surface area contributed by atoms with E-state index in [0.29, 0.717) is 37.7 Å². The minimum Gasteiger partial charge on any atom is -0.504 e. The Labute approximate surface area is 199 Å². The first-order chi connectivity index (χ1) is 16.4. The highest BCUT2D eigenvalue weighted by Crippen LogP contribution is 2.35. The molecule has 0 saturated heterocycles. The number of methoxy groups -OCH3 is 2. The fourth-order valence-corrected chi connectivity index (χ4v) is 4.96. The smallest absolute Gasteiger partial charge is 0.338 e. The normalized spacial score (nSPS) is 15.5. The van der Waals surface area contributed by atoms with E-state index in [1.54, 1.807) is 45.2 Å². The topological polar surface area (TPSA) is 99.4 Å². The number of benzene rings is 2. The molecule has 0 radical (unpaired) electrons. The molecule has 176 valence electrons. The van der Waals surface area contributed by atoms with Crippen LogP contribution in [-0.2, 0) is 9.53 Å². The van der Waals surface area contributed by atoms with Crippen LogP contribution >= 0.6 is 11.3 Å². The zero-order valence-corrected chi connectivity index (χ0v) is 20.0. The van der Waals surface area contributed by atoms with Crippen molar-refractivity contribution < 1.29 is 24.1 Å². The predicted octanol–water partition coefficient (Wildman–Crippen LogP) is 2.52. The van der Waals surface area contributed by atoms with Crippen LogP contribution in [0.4, 0.5) is 0 Å². The lowest BCUT2D eigenvalue weighted by molar-refractivity contribution is -0.139. The van der Waals surface area contributed by atoms with Gasteiger partial charge in [0.15, 0.2) is 16.3 Å². The third-order valence-corrected chi connectivity index (χ3v) is 6.44. The monoisotopic (exact) mass is 480 g/mol. The van der Waals surface area contributed by atoms with E-state index in [1.807, 2.05) is 18.2 Å². The van der Waals surface area contributed by atoms with Gasteiger partial charge in [0.05, 0.1) is 36.6 Å². The lowest BCUT2D eigenvalue weighted by Gasteiger charge is -2.25. The van der Waals surface area contributed by atoms with Crippen molar-refractivity contribution in [3.63, 3.8) is 0 Å². The van der Waals surface area contributed by atoms with Gasteiger partial charge in [-0.2, -0.15) is 0 Å². The molecule has 0 saturated carbocycles. The molecule has 1 aliphatic rings. The Morgan fingerprint density at radius 2 is 1.91 bits per heavy atom. The molecule has 1 aromatic heterocycles. The number of hydrogen-bond acceptors (Lipinski definition) is 8. The van der Waals surface area contributed by atoms with Crippen molar-refractivity contribution in [3.05, 3.63) is 84.5 Å². The van der Waals surface area contributed by atoms with Crippen molar-refractivity contribution in [2.24, 2.45) is 4.99 Å². The summed E-state index contributed by atoms with van der Waals surface area (Å²) in [5.41, 5.74) is 1.79. The lowest BCUT2D eigenvalue weighted by Crippen LogP contribution is -2.40. The molecule has 0 spiro atoms. The Kier molecular flexibility index (Phi) is 6.56. The molecular formula is C25H24N2O6S. The second-order valence-electron chi connectivity index (χ2n) is 7.48. The number of hydrogen-bond donors (Lipinski definition) is 1. The second kappa shape index (κ2) is 9.56. The van der Waals surface area contributed by atoms with E-state index in [2.05, 4.69) is 4.99 Å². The Balaban J connectivity index is 1.97. The summed E-state index contributed by atoms with van der Waals surface area (Å²) in [6.45, 7) is 3.66. The maximum atomic E-state index is 13.6. The lowest BCUT2D eigenvalue weighted by atomic mass is 9.95. The number of carbonyl (C=O) groups excluding carboxylic acids is 1. The number of carbonyl (C=O) groups is 1. The SMILES string of the molecule is CCOC(=O)C1=C(C)N=c2s/c(=C\c3ccc(O)c(OC)c3)c(=O)n2C1c1ccccc1OC. The Bertz CT molecular complexity index is 1470. The first-order valence-corrected chi connectivity index (χ1v) is 11.4. The second-order valence-corrected chi connectivity index (χ2v) is 8.48. The van der Waals surface area contributed by atoms with Crippen LogP contribution < -0.4 is 24.4 Å². The molecule has 1 atom stereocenters. The molecule has 1 unspecified atom stereocenters. The van der Waals surface area contributed by atoms with Gasteiger partial charge in [0, 0.05) is 5.56 Å². The van der Waals surface area contributed by atoms with Crippen LogP contribution in [0.2, 0.25) is 0 Å². The van der Waals surface area contributed by atoms with Crippen molar-refractivity contribution in [1.82, 2.24) is 4.57 Å². The van der Waals surface area contributed by atoms with Crippen LogP contribution in [-0.4, -0.2) is 36.5 Å². The van der Waals surface area contributed by atoms with Gasteiger partial charge in [0.1, 0.15) is 11.8 Å². The minimum absolute atomic E-state index is 0.00647. The predicted molar refractivity (Wildman–Crippen MR) is 128 cm³/mol. The number of nitrogens with zero attached hydrogens (tertiary/aromatic N) is 2. The van der Waals surface area contributed by atoms with Crippen LogP contribution in [0.25, 0.3) is 6.08 Å². The van der Waals surface area contributed by atoms with Gasteiger partial charge in [0.2, 0.25) is 0 Å². The third kappa shape index (κ3) is 4.10. The maximum Gasteiger partial charge on any atom is 0.338 e. The number of ether oxygens (including phenoxy) is 3. The molecule has 4 rings (SSSR count). The van der Waals surface area contributed by atoms with Crippen molar-refractivity contribution in [2.75, 3.05) is 20.8 Å². The Morgan fingerprint density at radius 3 is 2.62 bits per heavy atom. The van der Waals surface area contributed by atoms with E-state index in [-0.39, 0.29) is 23.5 Å². The van der Waals surface area contributed by atoms with Gasteiger partial charge in [-0.15, -0.1) is 0 Å². The number of allylic oxidation sites excluding steroid dienone is 1. The minimum atomic E-state index is -0.761. The molecule has 0 fully saturated rings. The van der Waals surface area contributed by atoms with Crippen LogP contribution in [0, 0.1) is 0 Å². The van der Waals surface area contributed by atoms with Crippen LogP contribution in [0.5, 0.6) is 17.2 Å². The molecule has 0 amide bonds. The number of rotatable bonds is 6. The standard InChI is InChI=1S/C25H24N2O6S/c1-5-33-24(30)21-14(2)26-25-27(22(21)16-8-6-7-9-18(16)31-3)23(29)20(34-25)13-15-10-11-17(28)19(12-15)32-4/h6-13,22,28H,5H2,1-4H3/b20-13-. The summed E-state index contributed by atoms with van der Waals surface area (Å²) in [6.07, 6.45) is 1.70. The molecule has 1 aliphatic heterocycles.